The van der Waals surface area contributed by atoms with Crippen molar-refractivity contribution in [3.63, 3.8) is 0 Å². The smallest absolute Gasteiger partial charge is 0.115 e. The summed E-state index contributed by atoms with van der Waals surface area (Å²) in [5.74, 6) is 0. The Hall–Kier alpha value is -1.40. The quantitative estimate of drug-likeness (QED) is 0.849. The number of aromatic nitrogens is 4. The van der Waals surface area contributed by atoms with Gasteiger partial charge in [0.25, 0.3) is 0 Å². The minimum Gasteiger partial charge on any atom is -0.305 e. The Kier molecular flexibility index (Phi) is 3.90. The molecule has 2 aromatic heterocycles. The van der Waals surface area contributed by atoms with Crippen LogP contribution in [0.15, 0.2) is 24.9 Å². The summed E-state index contributed by atoms with van der Waals surface area (Å²) in [4.78, 5) is 9.16. The summed E-state index contributed by atoms with van der Waals surface area (Å²) in [6.45, 7) is 3.08. The summed E-state index contributed by atoms with van der Waals surface area (Å²) >= 11 is 1.40. The maximum Gasteiger partial charge on any atom is 0.115 e. The lowest BCUT2D eigenvalue weighted by Gasteiger charge is -2.15. The Morgan fingerprint density at radius 2 is 2.12 bits per heavy atom. The van der Waals surface area contributed by atoms with E-state index < -0.39 is 0 Å². The minimum atomic E-state index is 0.0983. The summed E-state index contributed by atoms with van der Waals surface area (Å²) < 4.78 is 3.89. The van der Waals surface area contributed by atoms with Crippen LogP contribution in [0.4, 0.5) is 0 Å². The van der Waals surface area contributed by atoms with Crippen molar-refractivity contribution in [1.82, 2.24) is 24.9 Å². The first-order chi connectivity index (χ1) is 7.92. The Morgan fingerprint density at radius 1 is 1.31 bits per heavy atom. The lowest BCUT2D eigenvalue weighted by atomic mass is 10.1. The lowest BCUT2D eigenvalue weighted by molar-refractivity contribution is 0.601. The van der Waals surface area contributed by atoms with Crippen molar-refractivity contribution in [3.8, 4) is 0 Å². The van der Waals surface area contributed by atoms with Crippen LogP contribution >= 0.6 is 11.5 Å². The number of nitrogens with zero attached hydrogens (tertiary/aromatic N) is 4. The van der Waals surface area contributed by atoms with Crippen LogP contribution in [0, 0.1) is 0 Å². The third kappa shape index (κ3) is 2.59. The molecule has 0 fully saturated rings. The highest BCUT2D eigenvalue weighted by atomic mass is 32.1. The van der Waals surface area contributed by atoms with Gasteiger partial charge in [0.05, 0.1) is 17.1 Å². The Bertz CT molecular complexity index is 402. The lowest BCUT2D eigenvalue weighted by Crippen LogP contribution is -2.22. The third-order valence-corrected chi connectivity index (χ3v) is 2.90. The fourth-order valence-electron chi connectivity index (χ4n) is 1.43. The van der Waals surface area contributed by atoms with Crippen molar-refractivity contribution in [3.05, 3.63) is 35.4 Å². The second kappa shape index (κ2) is 5.62. The van der Waals surface area contributed by atoms with Crippen LogP contribution in [0.25, 0.3) is 0 Å². The topological polar surface area (TPSA) is 63.6 Å². The van der Waals surface area contributed by atoms with Gasteiger partial charge < -0.3 is 5.32 Å². The highest BCUT2D eigenvalue weighted by molar-refractivity contribution is 7.05. The van der Waals surface area contributed by atoms with Gasteiger partial charge in [-0.05, 0) is 24.5 Å². The van der Waals surface area contributed by atoms with Gasteiger partial charge in [-0.2, -0.15) is 0 Å². The fourth-order valence-corrected chi connectivity index (χ4v) is 2.04. The first kappa shape index (κ1) is 11.1. The molecule has 2 aromatic rings. The molecule has 0 aromatic carbocycles. The Morgan fingerprint density at radius 3 is 2.75 bits per heavy atom. The van der Waals surface area contributed by atoms with Crippen LogP contribution in [-0.4, -0.2) is 26.1 Å². The SMILES string of the molecule is CCCNC(c1cncnc1)c1cnns1. The summed E-state index contributed by atoms with van der Waals surface area (Å²) in [5.41, 5.74) is 1.04. The van der Waals surface area contributed by atoms with E-state index in [1.54, 1.807) is 6.20 Å². The molecule has 0 saturated carbocycles. The van der Waals surface area contributed by atoms with Gasteiger partial charge >= 0.3 is 0 Å². The number of hydrogen-bond acceptors (Lipinski definition) is 6. The summed E-state index contributed by atoms with van der Waals surface area (Å²) in [6, 6.07) is 0.0983. The largest absolute Gasteiger partial charge is 0.305 e. The number of hydrogen-bond donors (Lipinski definition) is 1. The average molecular weight is 235 g/mol. The molecule has 0 aliphatic rings. The van der Waals surface area contributed by atoms with Crippen LogP contribution in [0.1, 0.15) is 29.8 Å². The molecule has 6 heteroatoms. The molecule has 1 unspecified atom stereocenters. The molecule has 1 atom stereocenters. The van der Waals surface area contributed by atoms with Gasteiger partial charge in [0.1, 0.15) is 6.33 Å². The van der Waals surface area contributed by atoms with Crippen LogP contribution < -0.4 is 5.32 Å². The molecule has 0 bridgehead atoms. The van der Waals surface area contributed by atoms with E-state index in [-0.39, 0.29) is 6.04 Å². The zero-order valence-electron chi connectivity index (χ0n) is 9.00. The molecule has 0 aliphatic carbocycles. The first-order valence-corrected chi connectivity index (χ1v) is 5.94. The molecule has 0 radical (unpaired) electrons. The summed E-state index contributed by atoms with van der Waals surface area (Å²) in [7, 11) is 0. The van der Waals surface area contributed by atoms with E-state index in [4.69, 9.17) is 0 Å². The summed E-state index contributed by atoms with van der Waals surface area (Å²) in [6.07, 6.45) is 8.03. The van der Waals surface area contributed by atoms with Crippen molar-refractivity contribution in [2.45, 2.75) is 19.4 Å². The monoisotopic (exact) mass is 235 g/mol. The van der Waals surface area contributed by atoms with E-state index in [9.17, 15) is 0 Å². The van der Waals surface area contributed by atoms with Gasteiger partial charge in [-0.1, -0.05) is 11.4 Å². The molecule has 0 spiro atoms. The second-order valence-electron chi connectivity index (χ2n) is 3.38. The van der Waals surface area contributed by atoms with Gasteiger partial charge in [-0.3, -0.25) is 0 Å². The van der Waals surface area contributed by atoms with E-state index in [1.165, 1.54) is 17.9 Å². The van der Waals surface area contributed by atoms with Gasteiger partial charge in [0.15, 0.2) is 0 Å². The van der Waals surface area contributed by atoms with Crippen LogP contribution in [-0.2, 0) is 0 Å². The molecule has 0 amide bonds. The average Bonchev–Trinajstić information content (AvgIpc) is 2.85. The second-order valence-corrected chi connectivity index (χ2v) is 4.20. The molecule has 5 nitrogen and oxygen atoms in total. The molecule has 0 saturated heterocycles. The predicted octanol–water partition coefficient (Wildman–Crippen LogP) is 1.42. The van der Waals surface area contributed by atoms with Gasteiger partial charge in [-0.25, -0.2) is 9.97 Å². The first-order valence-electron chi connectivity index (χ1n) is 5.17. The molecular formula is C10H13N5S. The van der Waals surface area contributed by atoms with Gasteiger partial charge in [0.2, 0.25) is 0 Å². The molecule has 16 heavy (non-hydrogen) atoms. The third-order valence-electron chi connectivity index (χ3n) is 2.18. The van der Waals surface area contributed by atoms with E-state index >= 15 is 0 Å². The highest BCUT2D eigenvalue weighted by Gasteiger charge is 2.15. The molecule has 2 rings (SSSR count). The zero-order valence-corrected chi connectivity index (χ0v) is 9.81. The van der Waals surface area contributed by atoms with Gasteiger partial charge in [-0.15, -0.1) is 5.10 Å². The molecular weight excluding hydrogens is 222 g/mol. The summed E-state index contributed by atoms with van der Waals surface area (Å²) in [5, 5.41) is 7.30. The number of nitrogens with one attached hydrogen (secondary N) is 1. The maximum absolute atomic E-state index is 4.04. The molecule has 84 valence electrons. The Labute approximate surface area is 98.1 Å². The molecule has 2 heterocycles. The van der Waals surface area contributed by atoms with E-state index in [0.717, 1.165) is 23.4 Å². The zero-order chi connectivity index (χ0) is 11.2. The van der Waals surface area contributed by atoms with Crippen molar-refractivity contribution >= 4 is 11.5 Å². The van der Waals surface area contributed by atoms with E-state index in [0.29, 0.717) is 0 Å². The Balaban J connectivity index is 2.21. The van der Waals surface area contributed by atoms with Crippen molar-refractivity contribution in [1.29, 1.82) is 0 Å². The fraction of sp³-hybridized carbons (Fsp3) is 0.400. The van der Waals surface area contributed by atoms with E-state index in [2.05, 4.69) is 31.8 Å². The molecule has 1 N–H and O–H groups in total. The van der Waals surface area contributed by atoms with Crippen molar-refractivity contribution in [2.75, 3.05) is 6.54 Å². The normalized spacial score (nSPS) is 12.6. The van der Waals surface area contributed by atoms with Crippen molar-refractivity contribution in [2.24, 2.45) is 0 Å². The highest BCUT2D eigenvalue weighted by Crippen LogP contribution is 2.22. The van der Waals surface area contributed by atoms with E-state index in [1.807, 2.05) is 12.4 Å². The van der Waals surface area contributed by atoms with Crippen molar-refractivity contribution < 1.29 is 0 Å². The van der Waals surface area contributed by atoms with Gasteiger partial charge in [0, 0.05) is 18.0 Å². The predicted molar refractivity (Wildman–Crippen MR) is 62.1 cm³/mol. The maximum atomic E-state index is 4.04. The molecule has 0 aliphatic heterocycles. The standard InChI is InChI=1S/C10H13N5S/c1-2-3-13-10(9-6-14-15-16-9)8-4-11-7-12-5-8/h4-7,10,13H,2-3H2,1H3. The van der Waals surface area contributed by atoms with Crippen LogP contribution in [0.2, 0.25) is 0 Å². The minimum absolute atomic E-state index is 0.0983. The number of rotatable bonds is 5. The van der Waals surface area contributed by atoms with Crippen LogP contribution in [0.5, 0.6) is 0 Å². The van der Waals surface area contributed by atoms with Crippen LogP contribution in [0.3, 0.4) is 0 Å².